The first kappa shape index (κ1) is 14.8. The summed E-state index contributed by atoms with van der Waals surface area (Å²) in [6.45, 7) is 3.78. The van der Waals surface area contributed by atoms with Gasteiger partial charge in [-0.15, -0.1) is 0 Å². The molecular formula is C14H27N3O2. The highest BCUT2D eigenvalue weighted by Gasteiger charge is 2.31. The normalized spacial score (nSPS) is 25.5. The third-order valence-corrected chi connectivity index (χ3v) is 4.80. The van der Waals surface area contributed by atoms with E-state index in [1.807, 2.05) is 4.90 Å². The Labute approximate surface area is 115 Å². The molecule has 3 N–H and O–H groups in total. The van der Waals surface area contributed by atoms with Crippen molar-refractivity contribution >= 4 is 5.91 Å². The highest BCUT2D eigenvalue weighted by Crippen LogP contribution is 2.32. The van der Waals surface area contributed by atoms with E-state index in [0.29, 0.717) is 0 Å². The molecular weight excluding hydrogens is 242 g/mol. The Kier molecular flexibility index (Phi) is 5.19. The molecule has 0 spiro atoms. The Morgan fingerprint density at radius 2 is 1.63 bits per heavy atom. The van der Waals surface area contributed by atoms with Crippen LogP contribution in [0.4, 0.5) is 0 Å². The molecule has 0 bridgehead atoms. The van der Waals surface area contributed by atoms with Crippen molar-refractivity contribution in [3.63, 3.8) is 0 Å². The molecule has 110 valence electrons. The van der Waals surface area contributed by atoms with E-state index in [0.717, 1.165) is 37.8 Å². The van der Waals surface area contributed by atoms with Crippen LogP contribution >= 0.6 is 0 Å². The molecule has 2 fully saturated rings. The van der Waals surface area contributed by atoms with E-state index in [4.69, 9.17) is 10.8 Å². The van der Waals surface area contributed by atoms with Crippen molar-refractivity contribution in [1.82, 2.24) is 9.80 Å². The van der Waals surface area contributed by atoms with Crippen molar-refractivity contribution in [2.75, 3.05) is 39.8 Å². The lowest BCUT2D eigenvalue weighted by Gasteiger charge is -2.39. The largest absolute Gasteiger partial charge is 0.394 e. The van der Waals surface area contributed by atoms with Crippen LogP contribution in [0.5, 0.6) is 0 Å². The average Bonchev–Trinajstić information content (AvgIpc) is 2.46. The molecule has 5 nitrogen and oxygen atoms in total. The van der Waals surface area contributed by atoms with Crippen molar-refractivity contribution in [2.24, 2.45) is 17.6 Å². The number of rotatable bonds is 3. The Morgan fingerprint density at radius 3 is 2.11 bits per heavy atom. The van der Waals surface area contributed by atoms with Gasteiger partial charge in [-0.3, -0.25) is 4.79 Å². The number of likely N-dealkylation sites (tertiary alicyclic amines) is 2. The van der Waals surface area contributed by atoms with Crippen molar-refractivity contribution in [1.29, 1.82) is 0 Å². The van der Waals surface area contributed by atoms with E-state index >= 15 is 0 Å². The molecule has 2 rings (SSSR count). The fourth-order valence-corrected chi connectivity index (χ4v) is 3.40. The zero-order chi connectivity index (χ0) is 13.8. The summed E-state index contributed by atoms with van der Waals surface area (Å²) in [6.07, 6.45) is 4.78. The number of nitrogens with zero attached hydrogens (tertiary/aromatic N) is 2. The maximum absolute atomic E-state index is 11.9. The number of aliphatic hydroxyl groups excluding tert-OH is 1. The Bertz CT molecular complexity index is 295. The van der Waals surface area contributed by atoms with E-state index in [-0.39, 0.29) is 12.5 Å². The lowest BCUT2D eigenvalue weighted by Crippen LogP contribution is -2.49. The number of carbonyl (C=O) groups is 1. The fraction of sp³-hybridized carbons (Fsp3) is 0.929. The highest BCUT2D eigenvalue weighted by atomic mass is 16.3. The summed E-state index contributed by atoms with van der Waals surface area (Å²) in [6, 6.07) is -0.736. The second kappa shape index (κ2) is 6.68. The van der Waals surface area contributed by atoms with E-state index in [1.54, 1.807) is 0 Å². The first-order valence-corrected chi connectivity index (χ1v) is 7.45. The molecule has 2 saturated heterocycles. The molecule has 0 radical (unpaired) electrons. The van der Waals surface area contributed by atoms with Gasteiger partial charge in [0.25, 0.3) is 0 Å². The number of carbonyl (C=O) groups excluding carboxylic acids is 1. The molecule has 0 unspecified atom stereocenters. The zero-order valence-corrected chi connectivity index (χ0v) is 11.9. The fourth-order valence-electron chi connectivity index (χ4n) is 3.40. The van der Waals surface area contributed by atoms with E-state index < -0.39 is 6.04 Å². The van der Waals surface area contributed by atoms with Gasteiger partial charge < -0.3 is 20.6 Å². The van der Waals surface area contributed by atoms with Crippen LogP contribution in [0.15, 0.2) is 0 Å². The van der Waals surface area contributed by atoms with Gasteiger partial charge in [0, 0.05) is 13.1 Å². The Hall–Kier alpha value is -0.650. The molecule has 2 aliphatic rings. The van der Waals surface area contributed by atoms with E-state index in [9.17, 15) is 4.79 Å². The topological polar surface area (TPSA) is 69.8 Å². The summed E-state index contributed by atoms with van der Waals surface area (Å²) in [5.41, 5.74) is 5.59. The van der Waals surface area contributed by atoms with Crippen LogP contribution in [0.1, 0.15) is 25.7 Å². The third-order valence-electron chi connectivity index (χ3n) is 4.80. The number of amides is 1. The molecule has 0 aromatic heterocycles. The number of hydrogen-bond acceptors (Lipinski definition) is 4. The predicted octanol–water partition coefficient (Wildman–Crippen LogP) is -0.114. The van der Waals surface area contributed by atoms with Crippen LogP contribution in [0.3, 0.4) is 0 Å². The standard InChI is InChI=1S/C14H27N3O2/c1-16-6-2-11(3-7-16)12-4-8-17(9-5-12)14(19)13(15)10-18/h11-13,18H,2-10,15H2,1H3/t13-/m1/s1. The average molecular weight is 269 g/mol. The first-order valence-electron chi connectivity index (χ1n) is 7.45. The van der Waals surface area contributed by atoms with Gasteiger partial charge >= 0.3 is 0 Å². The molecule has 0 aromatic rings. The monoisotopic (exact) mass is 269 g/mol. The summed E-state index contributed by atoms with van der Waals surface area (Å²) in [4.78, 5) is 16.1. The number of hydrogen-bond donors (Lipinski definition) is 2. The molecule has 1 amide bonds. The minimum atomic E-state index is -0.736. The quantitative estimate of drug-likeness (QED) is 0.750. The molecule has 1 atom stereocenters. The Balaban J connectivity index is 1.77. The minimum Gasteiger partial charge on any atom is -0.394 e. The second-order valence-electron chi connectivity index (χ2n) is 6.09. The van der Waals surface area contributed by atoms with Gasteiger partial charge in [0.15, 0.2) is 0 Å². The van der Waals surface area contributed by atoms with Gasteiger partial charge in [-0.05, 0) is 57.7 Å². The van der Waals surface area contributed by atoms with Gasteiger partial charge in [-0.2, -0.15) is 0 Å². The first-order chi connectivity index (χ1) is 9.11. The highest BCUT2D eigenvalue weighted by molar-refractivity contribution is 5.81. The second-order valence-corrected chi connectivity index (χ2v) is 6.09. The summed E-state index contributed by atoms with van der Waals surface area (Å²) in [5, 5.41) is 8.94. The lowest BCUT2D eigenvalue weighted by atomic mass is 9.79. The van der Waals surface area contributed by atoms with Crippen LogP contribution in [-0.2, 0) is 4.79 Å². The van der Waals surface area contributed by atoms with E-state index in [1.165, 1.54) is 25.9 Å². The van der Waals surface area contributed by atoms with Gasteiger partial charge in [-0.1, -0.05) is 0 Å². The van der Waals surface area contributed by atoms with Crippen LogP contribution in [0, 0.1) is 11.8 Å². The van der Waals surface area contributed by atoms with Crippen LogP contribution < -0.4 is 5.73 Å². The maximum atomic E-state index is 11.9. The molecule has 5 heteroatoms. The summed E-state index contributed by atoms with van der Waals surface area (Å²) < 4.78 is 0. The maximum Gasteiger partial charge on any atom is 0.241 e. The number of nitrogens with two attached hydrogens (primary N) is 1. The molecule has 19 heavy (non-hydrogen) atoms. The SMILES string of the molecule is CN1CCC(C2CCN(C(=O)[C@H](N)CO)CC2)CC1. The molecule has 0 aliphatic carbocycles. The van der Waals surface area contributed by atoms with Gasteiger partial charge in [-0.25, -0.2) is 0 Å². The van der Waals surface area contributed by atoms with Gasteiger partial charge in [0.2, 0.25) is 5.91 Å². The Morgan fingerprint density at radius 1 is 1.16 bits per heavy atom. The molecule has 2 heterocycles. The predicted molar refractivity (Wildman–Crippen MR) is 74.6 cm³/mol. The summed E-state index contributed by atoms with van der Waals surface area (Å²) in [7, 11) is 2.19. The van der Waals surface area contributed by atoms with Crippen molar-refractivity contribution in [3.05, 3.63) is 0 Å². The lowest BCUT2D eigenvalue weighted by molar-refractivity contribution is -0.135. The van der Waals surface area contributed by atoms with Gasteiger partial charge in [0.1, 0.15) is 6.04 Å². The van der Waals surface area contributed by atoms with Crippen LogP contribution in [0.2, 0.25) is 0 Å². The van der Waals surface area contributed by atoms with Crippen LogP contribution in [0.25, 0.3) is 0 Å². The summed E-state index contributed by atoms with van der Waals surface area (Å²) >= 11 is 0. The van der Waals surface area contributed by atoms with E-state index in [2.05, 4.69) is 11.9 Å². The molecule has 0 saturated carbocycles. The zero-order valence-electron chi connectivity index (χ0n) is 11.9. The van der Waals surface area contributed by atoms with Crippen molar-refractivity contribution < 1.29 is 9.90 Å². The minimum absolute atomic E-state index is 0.0932. The third kappa shape index (κ3) is 3.68. The van der Waals surface area contributed by atoms with Crippen molar-refractivity contribution in [2.45, 2.75) is 31.7 Å². The van der Waals surface area contributed by atoms with Crippen molar-refractivity contribution in [3.8, 4) is 0 Å². The number of aliphatic hydroxyl groups is 1. The van der Waals surface area contributed by atoms with Crippen LogP contribution in [-0.4, -0.2) is 66.7 Å². The smallest absolute Gasteiger partial charge is 0.241 e. The van der Waals surface area contributed by atoms with Gasteiger partial charge in [0.05, 0.1) is 6.61 Å². The molecule has 2 aliphatic heterocycles. The summed E-state index contributed by atoms with van der Waals surface area (Å²) in [5.74, 6) is 1.51. The number of piperidine rings is 2. The molecule has 0 aromatic carbocycles.